The molecule has 94 valence electrons. The molecule has 17 heavy (non-hydrogen) atoms. The fourth-order valence-electron chi connectivity index (χ4n) is 3.21. The van der Waals surface area contributed by atoms with E-state index < -0.39 is 0 Å². The van der Waals surface area contributed by atoms with Crippen molar-refractivity contribution in [3.63, 3.8) is 0 Å². The second-order valence-corrected chi connectivity index (χ2v) is 5.20. The lowest BCUT2D eigenvalue weighted by Crippen LogP contribution is -2.37. The number of fused-ring (bicyclic) bond motifs is 1. The lowest BCUT2D eigenvalue weighted by molar-refractivity contribution is -0.135. The summed E-state index contributed by atoms with van der Waals surface area (Å²) in [6.07, 6.45) is 10.2. The van der Waals surface area contributed by atoms with Gasteiger partial charge >= 0.3 is 0 Å². The first-order valence-corrected chi connectivity index (χ1v) is 6.64. The van der Waals surface area contributed by atoms with Gasteiger partial charge in [0.2, 0.25) is 0 Å². The van der Waals surface area contributed by atoms with E-state index in [4.69, 9.17) is 4.74 Å². The summed E-state index contributed by atoms with van der Waals surface area (Å²) < 4.78 is 5.35. The van der Waals surface area contributed by atoms with E-state index in [9.17, 15) is 4.79 Å². The third-order valence-corrected chi connectivity index (χ3v) is 4.23. The van der Waals surface area contributed by atoms with Crippen molar-refractivity contribution in [2.45, 2.75) is 44.6 Å². The highest BCUT2D eigenvalue weighted by Gasteiger charge is 2.35. The minimum atomic E-state index is -0.240. The van der Waals surface area contributed by atoms with Crippen LogP contribution in [-0.2, 0) is 9.53 Å². The maximum atomic E-state index is 12.4. The predicted molar refractivity (Wildman–Crippen MR) is 68.8 cm³/mol. The summed E-state index contributed by atoms with van der Waals surface area (Å²) in [6, 6.07) is 0. The van der Waals surface area contributed by atoms with Gasteiger partial charge in [-0.05, 0) is 31.6 Å². The molecule has 0 N–H and O–H groups in total. The number of allylic oxidation sites excluding steroid dienone is 2. The number of Topliss-reactive ketones (excluding diaryl/α,β-unsaturated/α-hetero) is 1. The molecular weight excluding hydrogens is 212 g/mol. The Labute approximate surface area is 104 Å². The van der Waals surface area contributed by atoms with Gasteiger partial charge in [0, 0.05) is 13.0 Å². The molecule has 0 saturated heterocycles. The summed E-state index contributed by atoms with van der Waals surface area (Å²) in [5.74, 6) is 1.06. The number of hydrogen-bond acceptors (Lipinski definition) is 2. The van der Waals surface area contributed by atoms with Crippen LogP contribution in [0, 0.1) is 11.8 Å². The van der Waals surface area contributed by atoms with Crippen molar-refractivity contribution in [1.82, 2.24) is 0 Å². The summed E-state index contributed by atoms with van der Waals surface area (Å²) in [7, 11) is 1.64. The number of carbonyl (C=O) groups excluding carboxylic acids is 1. The molecule has 0 aliphatic heterocycles. The van der Waals surface area contributed by atoms with Crippen LogP contribution in [0.3, 0.4) is 0 Å². The maximum Gasteiger partial charge on any atom is 0.165 e. The quantitative estimate of drug-likeness (QED) is 0.733. The molecule has 0 spiro atoms. The van der Waals surface area contributed by atoms with Crippen molar-refractivity contribution in [3.8, 4) is 0 Å². The SMILES string of the molecule is C=C/C1=C/C[C@H](OC)C(=O)[C@H]2CCCC[C@@H]2C1. The van der Waals surface area contributed by atoms with Crippen molar-refractivity contribution in [1.29, 1.82) is 0 Å². The first kappa shape index (κ1) is 12.6. The van der Waals surface area contributed by atoms with Crippen LogP contribution in [0.5, 0.6) is 0 Å². The monoisotopic (exact) mass is 234 g/mol. The summed E-state index contributed by atoms with van der Waals surface area (Å²) in [6.45, 7) is 3.87. The Morgan fingerprint density at radius 2 is 2.18 bits per heavy atom. The zero-order valence-electron chi connectivity index (χ0n) is 10.7. The Morgan fingerprint density at radius 1 is 1.41 bits per heavy atom. The summed E-state index contributed by atoms with van der Waals surface area (Å²) in [5.41, 5.74) is 1.29. The molecular formula is C15H22O2. The van der Waals surface area contributed by atoms with Crippen molar-refractivity contribution in [3.05, 3.63) is 24.3 Å². The lowest BCUT2D eigenvalue weighted by atomic mass is 9.71. The van der Waals surface area contributed by atoms with E-state index in [-0.39, 0.29) is 12.0 Å². The Kier molecular flexibility index (Phi) is 4.16. The van der Waals surface area contributed by atoms with Crippen LogP contribution in [0.2, 0.25) is 0 Å². The highest BCUT2D eigenvalue weighted by Crippen LogP contribution is 2.37. The predicted octanol–water partition coefficient (Wildman–Crippen LogP) is 3.28. The van der Waals surface area contributed by atoms with E-state index >= 15 is 0 Å². The van der Waals surface area contributed by atoms with Gasteiger partial charge in [0.05, 0.1) is 0 Å². The number of ether oxygens (including phenoxy) is 1. The molecule has 0 aromatic heterocycles. The second-order valence-electron chi connectivity index (χ2n) is 5.20. The molecule has 0 unspecified atom stereocenters. The molecule has 3 atom stereocenters. The van der Waals surface area contributed by atoms with Crippen LogP contribution in [0.1, 0.15) is 38.5 Å². The number of methoxy groups -OCH3 is 1. The lowest BCUT2D eigenvalue weighted by Gasteiger charge is -2.34. The van der Waals surface area contributed by atoms with Gasteiger partial charge in [-0.3, -0.25) is 4.79 Å². The molecule has 1 fully saturated rings. The molecule has 2 heteroatoms. The summed E-state index contributed by atoms with van der Waals surface area (Å²) >= 11 is 0. The standard InChI is InChI=1S/C15H22O2/c1-3-11-8-9-14(17-2)15(16)13-7-5-4-6-12(13)10-11/h3,8,12-14H,1,4-7,9-10H2,2H3/b11-8-/t12-,13+,14+/m1/s1. The van der Waals surface area contributed by atoms with Crippen molar-refractivity contribution in [2.75, 3.05) is 7.11 Å². The largest absolute Gasteiger partial charge is 0.373 e. The molecule has 2 aliphatic carbocycles. The molecule has 0 radical (unpaired) electrons. The highest BCUT2D eigenvalue weighted by atomic mass is 16.5. The Hall–Kier alpha value is -0.890. The number of hydrogen-bond donors (Lipinski definition) is 0. The van der Waals surface area contributed by atoms with Crippen LogP contribution >= 0.6 is 0 Å². The van der Waals surface area contributed by atoms with Gasteiger partial charge in [0.15, 0.2) is 5.78 Å². The molecule has 1 saturated carbocycles. The van der Waals surface area contributed by atoms with Crippen molar-refractivity contribution in [2.24, 2.45) is 11.8 Å². The molecule has 0 bridgehead atoms. The molecule has 0 heterocycles. The summed E-state index contributed by atoms with van der Waals surface area (Å²) in [5, 5.41) is 0. The van der Waals surface area contributed by atoms with Gasteiger partial charge in [0.1, 0.15) is 6.10 Å². The van der Waals surface area contributed by atoms with Crippen LogP contribution in [0.25, 0.3) is 0 Å². The van der Waals surface area contributed by atoms with E-state index in [1.807, 2.05) is 6.08 Å². The van der Waals surface area contributed by atoms with Gasteiger partial charge in [-0.15, -0.1) is 0 Å². The first-order chi connectivity index (χ1) is 8.26. The topological polar surface area (TPSA) is 26.3 Å². The highest BCUT2D eigenvalue weighted by molar-refractivity contribution is 5.86. The number of rotatable bonds is 2. The van der Waals surface area contributed by atoms with E-state index in [1.54, 1.807) is 7.11 Å². The first-order valence-electron chi connectivity index (χ1n) is 6.64. The second kappa shape index (κ2) is 5.63. The van der Waals surface area contributed by atoms with Crippen molar-refractivity contribution < 1.29 is 9.53 Å². The third kappa shape index (κ3) is 2.68. The third-order valence-electron chi connectivity index (χ3n) is 4.23. The van der Waals surface area contributed by atoms with Crippen LogP contribution in [0.4, 0.5) is 0 Å². The Bertz CT molecular complexity index is 330. The molecule has 2 rings (SSSR count). The zero-order valence-corrected chi connectivity index (χ0v) is 10.7. The van der Waals surface area contributed by atoms with Gasteiger partial charge in [-0.1, -0.05) is 37.1 Å². The van der Waals surface area contributed by atoms with Gasteiger partial charge < -0.3 is 4.74 Å². The average Bonchev–Trinajstić information content (AvgIpc) is 2.36. The van der Waals surface area contributed by atoms with E-state index in [1.165, 1.54) is 24.8 Å². The smallest absolute Gasteiger partial charge is 0.165 e. The normalized spacial score (nSPS) is 37.4. The number of ketones is 1. The van der Waals surface area contributed by atoms with Gasteiger partial charge in [-0.25, -0.2) is 0 Å². The van der Waals surface area contributed by atoms with E-state index in [0.29, 0.717) is 18.1 Å². The Morgan fingerprint density at radius 3 is 2.88 bits per heavy atom. The maximum absolute atomic E-state index is 12.4. The molecule has 0 aromatic rings. The minimum absolute atomic E-state index is 0.220. The fourth-order valence-corrected chi connectivity index (χ4v) is 3.21. The van der Waals surface area contributed by atoms with Gasteiger partial charge in [-0.2, -0.15) is 0 Å². The molecule has 2 aliphatic rings. The van der Waals surface area contributed by atoms with Crippen LogP contribution in [0.15, 0.2) is 24.3 Å². The Balaban J connectivity index is 2.24. The van der Waals surface area contributed by atoms with Crippen LogP contribution < -0.4 is 0 Å². The van der Waals surface area contributed by atoms with Crippen LogP contribution in [-0.4, -0.2) is 19.0 Å². The fraction of sp³-hybridized carbons (Fsp3) is 0.667. The van der Waals surface area contributed by atoms with E-state index in [2.05, 4.69) is 12.7 Å². The molecule has 0 amide bonds. The average molecular weight is 234 g/mol. The summed E-state index contributed by atoms with van der Waals surface area (Å²) in [4.78, 5) is 12.4. The number of carbonyl (C=O) groups is 1. The van der Waals surface area contributed by atoms with Crippen molar-refractivity contribution >= 4 is 5.78 Å². The zero-order chi connectivity index (χ0) is 12.3. The molecule has 2 nitrogen and oxygen atoms in total. The van der Waals surface area contributed by atoms with Gasteiger partial charge in [0.25, 0.3) is 0 Å². The molecule has 0 aromatic carbocycles. The minimum Gasteiger partial charge on any atom is -0.373 e. The van der Waals surface area contributed by atoms with E-state index in [0.717, 1.165) is 12.8 Å².